The first kappa shape index (κ1) is 23.5. The average molecular weight is 495 g/mol. The molecule has 0 spiro atoms. The van der Waals surface area contributed by atoms with Gasteiger partial charge in [-0.2, -0.15) is 5.10 Å². The van der Waals surface area contributed by atoms with Crippen molar-refractivity contribution in [1.29, 1.82) is 0 Å². The van der Waals surface area contributed by atoms with E-state index in [1.165, 1.54) is 18.3 Å². The van der Waals surface area contributed by atoms with Crippen LogP contribution in [0, 0.1) is 10.1 Å². The van der Waals surface area contributed by atoms with E-state index in [-0.39, 0.29) is 23.1 Å². The number of allylic oxidation sites excluding steroid dienone is 1. The van der Waals surface area contributed by atoms with Gasteiger partial charge in [0.2, 0.25) is 0 Å². The summed E-state index contributed by atoms with van der Waals surface area (Å²) in [6, 6.07) is 23.3. The van der Waals surface area contributed by atoms with Crippen molar-refractivity contribution in [3.8, 4) is 0 Å². The highest BCUT2D eigenvalue weighted by Gasteiger charge is 2.35. The fraction of sp³-hybridized carbons (Fsp3) is 0.0741. The number of para-hydroxylation sites is 2. The van der Waals surface area contributed by atoms with Crippen LogP contribution in [0.25, 0.3) is 0 Å². The number of hydrogen-bond donors (Lipinski definition) is 3. The first-order valence-electron chi connectivity index (χ1n) is 11.4. The van der Waals surface area contributed by atoms with Gasteiger partial charge in [0.1, 0.15) is 17.4 Å². The van der Waals surface area contributed by atoms with E-state index in [0.717, 1.165) is 0 Å². The van der Waals surface area contributed by atoms with Crippen molar-refractivity contribution >= 4 is 34.7 Å². The van der Waals surface area contributed by atoms with Crippen molar-refractivity contribution < 1.29 is 14.5 Å². The fourth-order valence-electron chi connectivity index (χ4n) is 4.24. The van der Waals surface area contributed by atoms with E-state index in [4.69, 9.17) is 0 Å². The molecule has 10 nitrogen and oxygen atoms in total. The molecule has 1 aliphatic heterocycles. The fourth-order valence-corrected chi connectivity index (χ4v) is 4.24. The Hall–Kier alpha value is -5.25. The number of rotatable bonds is 6. The number of nitro groups is 1. The monoisotopic (exact) mass is 494 g/mol. The molecular weight excluding hydrogens is 472 g/mol. The summed E-state index contributed by atoms with van der Waals surface area (Å²) in [4.78, 5) is 37.3. The van der Waals surface area contributed by atoms with E-state index in [0.29, 0.717) is 34.0 Å². The average Bonchev–Trinajstić information content (AvgIpc) is 3.32. The molecule has 0 aliphatic carbocycles. The lowest BCUT2D eigenvalue weighted by Gasteiger charge is -2.30. The van der Waals surface area contributed by atoms with Crippen LogP contribution in [0.4, 0.5) is 22.9 Å². The molecule has 2 amide bonds. The third-order valence-electron chi connectivity index (χ3n) is 6.00. The number of carbonyl (C=O) groups excluding carboxylic acids is 2. The van der Waals surface area contributed by atoms with Crippen LogP contribution in [0.1, 0.15) is 28.9 Å². The van der Waals surface area contributed by atoms with Crippen molar-refractivity contribution in [2.75, 3.05) is 16.0 Å². The van der Waals surface area contributed by atoms with Crippen molar-refractivity contribution in [1.82, 2.24) is 9.78 Å². The van der Waals surface area contributed by atoms with E-state index >= 15 is 0 Å². The number of carbonyl (C=O) groups is 2. The Bertz CT molecular complexity index is 1510. The van der Waals surface area contributed by atoms with Crippen LogP contribution < -0.4 is 16.0 Å². The molecule has 0 saturated heterocycles. The molecule has 1 aliphatic rings. The number of nitrogens with one attached hydrogen (secondary N) is 3. The second-order valence-corrected chi connectivity index (χ2v) is 8.41. The Labute approximate surface area is 211 Å². The molecule has 3 aromatic carbocycles. The van der Waals surface area contributed by atoms with Gasteiger partial charge in [-0.25, -0.2) is 4.68 Å². The molecule has 2 heterocycles. The third-order valence-corrected chi connectivity index (χ3v) is 6.00. The number of benzene rings is 3. The molecule has 1 aromatic heterocycles. The molecule has 0 fully saturated rings. The van der Waals surface area contributed by atoms with E-state index < -0.39 is 11.0 Å². The van der Waals surface area contributed by atoms with Gasteiger partial charge in [-0.15, -0.1) is 0 Å². The smallest absolute Gasteiger partial charge is 0.269 e. The summed E-state index contributed by atoms with van der Waals surface area (Å²) in [6.07, 6.45) is 1.43. The van der Waals surface area contributed by atoms with E-state index in [2.05, 4.69) is 21.0 Å². The van der Waals surface area contributed by atoms with Crippen molar-refractivity contribution in [2.24, 2.45) is 0 Å². The molecule has 0 bridgehead atoms. The summed E-state index contributed by atoms with van der Waals surface area (Å²) in [7, 11) is 0. The van der Waals surface area contributed by atoms with Gasteiger partial charge in [0.05, 0.1) is 16.7 Å². The Kier molecular flexibility index (Phi) is 6.21. The van der Waals surface area contributed by atoms with Crippen LogP contribution in [-0.2, 0) is 4.79 Å². The van der Waals surface area contributed by atoms with Gasteiger partial charge in [0.25, 0.3) is 17.5 Å². The van der Waals surface area contributed by atoms with Crippen LogP contribution >= 0.6 is 0 Å². The molecule has 37 heavy (non-hydrogen) atoms. The maximum Gasteiger partial charge on any atom is 0.269 e. The first-order chi connectivity index (χ1) is 17.9. The summed E-state index contributed by atoms with van der Waals surface area (Å²) < 4.78 is 1.55. The minimum absolute atomic E-state index is 0.0720. The number of non-ortho nitro benzene ring substituents is 1. The number of anilines is 3. The number of hydrogen-bond acceptors (Lipinski definition) is 6. The van der Waals surface area contributed by atoms with Gasteiger partial charge in [0, 0.05) is 29.2 Å². The van der Waals surface area contributed by atoms with Crippen molar-refractivity contribution in [3.05, 3.63) is 124 Å². The quantitative estimate of drug-likeness (QED) is 0.256. The predicted octanol–water partition coefficient (Wildman–Crippen LogP) is 4.97. The summed E-state index contributed by atoms with van der Waals surface area (Å²) in [5.74, 6) is -0.325. The van der Waals surface area contributed by atoms with Crippen molar-refractivity contribution in [3.63, 3.8) is 0 Å². The SMILES string of the molecule is CC1=C(C(=O)Nc2ccccc2)C(c2ccc([N+](=O)[O-])cc2)n2ncc(C(=O)Nc3ccccc3)c2N1. The van der Waals surface area contributed by atoms with Gasteiger partial charge in [0.15, 0.2) is 0 Å². The van der Waals surface area contributed by atoms with Crippen molar-refractivity contribution in [2.45, 2.75) is 13.0 Å². The largest absolute Gasteiger partial charge is 0.343 e. The number of nitro benzene ring substituents is 1. The maximum absolute atomic E-state index is 13.5. The molecule has 184 valence electrons. The standard InChI is InChI=1S/C27H22N6O4/c1-17-23(27(35)31-20-10-6-3-7-11-20)24(18-12-14-21(15-13-18)33(36)37)32-25(29-17)22(16-28-32)26(34)30-19-8-4-2-5-9-19/h2-16,24,29H,1H3,(H,30,34)(H,31,35). The zero-order chi connectivity index (χ0) is 25.9. The second kappa shape index (κ2) is 9.78. The number of nitrogens with zero attached hydrogens (tertiary/aromatic N) is 3. The van der Waals surface area contributed by atoms with E-state index in [1.807, 2.05) is 36.4 Å². The van der Waals surface area contributed by atoms with Gasteiger partial charge in [-0.3, -0.25) is 19.7 Å². The summed E-state index contributed by atoms with van der Waals surface area (Å²) >= 11 is 0. The van der Waals surface area contributed by atoms with Crippen LogP contribution in [0.3, 0.4) is 0 Å². The molecule has 0 saturated carbocycles. The van der Waals surface area contributed by atoms with Crippen LogP contribution in [0.5, 0.6) is 0 Å². The van der Waals surface area contributed by atoms with Crippen LogP contribution in [-0.4, -0.2) is 26.5 Å². The molecule has 4 aromatic rings. The number of amides is 2. The second-order valence-electron chi connectivity index (χ2n) is 8.41. The molecule has 3 N–H and O–H groups in total. The highest BCUT2D eigenvalue weighted by Crippen LogP contribution is 2.38. The molecule has 1 unspecified atom stereocenters. The van der Waals surface area contributed by atoms with Gasteiger partial charge in [-0.05, 0) is 48.9 Å². The lowest BCUT2D eigenvalue weighted by atomic mass is 9.94. The van der Waals surface area contributed by atoms with Gasteiger partial charge in [-0.1, -0.05) is 36.4 Å². The highest BCUT2D eigenvalue weighted by molar-refractivity contribution is 6.09. The highest BCUT2D eigenvalue weighted by atomic mass is 16.6. The minimum Gasteiger partial charge on any atom is -0.343 e. The molecule has 10 heteroatoms. The normalized spacial score (nSPS) is 14.4. The van der Waals surface area contributed by atoms with E-state index in [9.17, 15) is 19.7 Å². The Morgan fingerprint density at radius 1 is 0.892 bits per heavy atom. The summed E-state index contributed by atoms with van der Waals surface area (Å²) in [5, 5.41) is 24.6. The zero-order valence-corrected chi connectivity index (χ0v) is 19.7. The predicted molar refractivity (Wildman–Crippen MR) is 139 cm³/mol. The molecule has 0 radical (unpaired) electrons. The van der Waals surface area contributed by atoms with Gasteiger partial charge < -0.3 is 16.0 Å². The zero-order valence-electron chi connectivity index (χ0n) is 19.7. The lowest BCUT2D eigenvalue weighted by molar-refractivity contribution is -0.384. The molecule has 5 rings (SSSR count). The van der Waals surface area contributed by atoms with Crippen LogP contribution in [0.15, 0.2) is 102 Å². The summed E-state index contributed by atoms with van der Waals surface area (Å²) in [6.45, 7) is 1.74. The Morgan fingerprint density at radius 2 is 1.46 bits per heavy atom. The van der Waals surface area contributed by atoms with Crippen LogP contribution in [0.2, 0.25) is 0 Å². The number of aromatic nitrogens is 2. The first-order valence-corrected chi connectivity index (χ1v) is 11.4. The maximum atomic E-state index is 13.5. The lowest BCUT2D eigenvalue weighted by Crippen LogP contribution is -2.32. The Balaban J connectivity index is 1.56. The number of fused-ring (bicyclic) bond motifs is 1. The molecule has 1 atom stereocenters. The third kappa shape index (κ3) is 4.67. The molecular formula is C27H22N6O4. The minimum atomic E-state index is -0.737. The van der Waals surface area contributed by atoms with E-state index in [1.54, 1.807) is 48.0 Å². The topological polar surface area (TPSA) is 131 Å². The Morgan fingerprint density at radius 3 is 2.03 bits per heavy atom. The summed E-state index contributed by atoms with van der Waals surface area (Å²) in [5.41, 5.74) is 2.95. The van der Waals surface area contributed by atoms with Gasteiger partial charge >= 0.3 is 0 Å².